The van der Waals surface area contributed by atoms with Crippen molar-refractivity contribution in [3.8, 4) is 11.5 Å². The molecule has 9 heteroatoms. The largest absolute Gasteiger partial charge is 0.497 e. The van der Waals surface area contributed by atoms with E-state index in [1.54, 1.807) is 60.5 Å². The molecule has 0 saturated carbocycles. The standard InChI is InChI=1S/C27H26ClN3O5/c1-35-23-10-2-18(3-11-23)15-29-27(34)19-14-26(33)31(16-19)22-8-12-24(13-9-22)36-17-25(32)30-21-6-4-20(28)5-7-21/h2-13,19H,14-17H2,1H3,(H,29,34)(H,30,32). The molecule has 0 aromatic heterocycles. The summed E-state index contributed by atoms with van der Waals surface area (Å²) < 4.78 is 10.7. The molecule has 1 aliphatic rings. The molecule has 1 saturated heterocycles. The van der Waals surface area contributed by atoms with Gasteiger partial charge in [-0.2, -0.15) is 0 Å². The number of rotatable bonds is 9. The fourth-order valence-electron chi connectivity index (χ4n) is 3.81. The monoisotopic (exact) mass is 507 g/mol. The number of benzene rings is 3. The Hall–Kier alpha value is -4.04. The average Bonchev–Trinajstić information content (AvgIpc) is 3.29. The van der Waals surface area contributed by atoms with Crippen molar-refractivity contribution in [1.82, 2.24) is 5.32 Å². The molecule has 4 rings (SSSR count). The maximum Gasteiger partial charge on any atom is 0.262 e. The second kappa shape index (κ2) is 11.6. The van der Waals surface area contributed by atoms with Gasteiger partial charge in [0.05, 0.1) is 13.0 Å². The third-order valence-corrected chi connectivity index (χ3v) is 6.02. The maximum absolute atomic E-state index is 12.6. The van der Waals surface area contributed by atoms with Crippen molar-refractivity contribution >= 4 is 40.7 Å². The number of nitrogens with zero attached hydrogens (tertiary/aromatic N) is 1. The SMILES string of the molecule is COc1ccc(CNC(=O)C2CC(=O)N(c3ccc(OCC(=O)Nc4ccc(Cl)cc4)cc3)C2)cc1. The van der Waals surface area contributed by atoms with Crippen LogP contribution in [0.1, 0.15) is 12.0 Å². The fourth-order valence-corrected chi connectivity index (χ4v) is 3.94. The smallest absolute Gasteiger partial charge is 0.262 e. The van der Waals surface area contributed by atoms with Crippen molar-refractivity contribution < 1.29 is 23.9 Å². The van der Waals surface area contributed by atoms with Gasteiger partial charge in [-0.3, -0.25) is 14.4 Å². The fraction of sp³-hybridized carbons (Fsp3) is 0.222. The van der Waals surface area contributed by atoms with E-state index < -0.39 is 5.92 Å². The second-order valence-corrected chi connectivity index (χ2v) is 8.75. The van der Waals surface area contributed by atoms with E-state index in [0.717, 1.165) is 11.3 Å². The summed E-state index contributed by atoms with van der Waals surface area (Å²) >= 11 is 5.84. The summed E-state index contributed by atoms with van der Waals surface area (Å²) in [7, 11) is 1.60. The van der Waals surface area contributed by atoms with Gasteiger partial charge in [-0.05, 0) is 66.2 Å². The van der Waals surface area contributed by atoms with E-state index in [1.807, 2.05) is 24.3 Å². The molecule has 1 aliphatic heterocycles. The summed E-state index contributed by atoms with van der Waals surface area (Å²) in [4.78, 5) is 38.9. The van der Waals surface area contributed by atoms with Gasteiger partial charge >= 0.3 is 0 Å². The van der Waals surface area contributed by atoms with Crippen LogP contribution < -0.4 is 25.0 Å². The van der Waals surface area contributed by atoms with Crippen LogP contribution in [0.2, 0.25) is 5.02 Å². The lowest BCUT2D eigenvalue weighted by Crippen LogP contribution is -2.32. The number of methoxy groups -OCH3 is 1. The topological polar surface area (TPSA) is 97.0 Å². The minimum Gasteiger partial charge on any atom is -0.497 e. The molecule has 3 aromatic rings. The number of nitrogens with one attached hydrogen (secondary N) is 2. The van der Waals surface area contributed by atoms with Crippen LogP contribution >= 0.6 is 11.6 Å². The third kappa shape index (κ3) is 6.55. The first kappa shape index (κ1) is 25.1. The van der Waals surface area contributed by atoms with Gasteiger partial charge in [0.15, 0.2) is 6.61 Å². The van der Waals surface area contributed by atoms with Crippen LogP contribution in [0.25, 0.3) is 0 Å². The molecule has 0 aliphatic carbocycles. The predicted octanol–water partition coefficient (Wildman–Crippen LogP) is 4.04. The van der Waals surface area contributed by atoms with Crippen LogP contribution in [0.15, 0.2) is 72.8 Å². The van der Waals surface area contributed by atoms with Gasteiger partial charge in [-0.15, -0.1) is 0 Å². The van der Waals surface area contributed by atoms with E-state index in [9.17, 15) is 14.4 Å². The molecule has 1 heterocycles. The first-order chi connectivity index (χ1) is 17.4. The van der Waals surface area contributed by atoms with E-state index >= 15 is 0 Å². The van der Waals surface area contributed by atoms with Crippen LogP contribution in [0, 0.1) is 5.92 Å². The van der Waals surface area contributed by atoms with Crippen LogP contribution in [0.3, 0.4) is 0 Å². The summed E-state index contributed by atoms with van der Waals surface area (Å²) in [6, 6.07) is 21.1. The van der Waals surface area contributed by atoms with Crippen molar-refractivity contribution in [2.24, 2.45) is 5.92 Å². The molecule has 0 bridgehead atoms. The zero-order valence-corrected chi connectivity index (χ0v) is 20.5. The van der Waals surface area contributed by atoms with Crippen LogP contribution in [-0.2, 0) is 20.9 Å². The van der Waals surface area contributed by atoms with Gasteiger partial charge in [0.1, 0.15) is 11.5 Å². The number of carbonyl (C=O) groups is 3. The number of carbonyl (C=O) groups excluding carboxylic acids is 3. The molecule has 3 aromatic carbocycles. The normalized spacial score (nSPS) is 14.9. The van der Waals surface area contributed by atoms with Crippen molar-refractivity contribution in [3.05, 3.63) is 83.4 Å². The Kier molecular flexibility index (Phi) is 8.07. The highest BCUT2D eigenvalue weighted by Gasteiger charge is 2.35. The first-order valence-electron chi connectivity index (χ1n) is 11.4. The van der Waals surface area contributed by atoms with E-state index in [2.05, 4.69) is 10.6 Å². The summed E-state index contributed by atoms with van der Waals surface area (Å²) in [5.74, 6) is 0.233. The number of hydrogen-bond donors (Lipinski definition) is 2. The van der Waals surface area contributed by atoms with Crippen LogP contribution in [0.4, 0.5) is 11.4 Å². The quantitative estimate of drug-likeness (QED) is 0.455. The lowest BCUT2D eigenvalue weighted by Gasteiger charge is -2.17. The molecule has 1 atom stereocenters. The molecule has 0 spiro atoms. The number of halogens is 1. The van der Waals surface area contributed by atoms with E-state index in [4.69, 9.17) is 21.1 Å². The van der Waals surface area contributed by atoms with Crippen molar-refractivity contribution in [2.75, 3.05) is 30.5 Å². The zero-order valence-electron chi connectivity index (χ0n) is 19.7. The highest BCUT2D eigenvalue weighted by molar-refractivity contribution is 6.30. The molecule has 3 amide bonds. The summed E-state index contributed by atoms with van der Waals surface area (Å²) in [6.07, 6.45) is 0.150. The minimum absolute atomic E-state index is 0.115. The Morgan fingerprint density at radius 1 is 0.972 bits per heavy atom. The number of amides is 3. The van der Waals surface area contributed by atoms with Gasteiger partial charge in [-0.25, -0.2) is 0 Å². The molecule has 1 fully saturated rings. The second-order valence-electron chi connectivity index (χ2n) is 8.31. The Balaban J connectivity index is 1.25. The van der Waals surface area contributed by atoms with Gasteiger partial charge in [0.25, 0.3) is 5.91 Å². The van der Waals surface area contributed by atoms with Crippen LogP contribution in [0.5, 0.6) is 11.5 Å². The average molecular weight is 508 g/mol. The van der Waals surface area contributed by atoms with Crippen LogP contribution in [-0.4, -0.2) is 38.0 Å². The zero-order chi connectivity index (χ0) is 25.5. The Labute approximate surface area is 214 Å². The Morgan fingerprint density at radius 3 is 2.31 bits per heavy atom. The Bertz CT molecular complexity index is 1210. The molecule has 8 nitrogen and oxygen atoms in total. The molecule has 186 valence electrons. The number of ether oxygens (including phenoxy) is 2. The Morgan fingerprint density at radius 2 is 1.64 bits per heavy atom. The van der Waals surface area contributed by atoms with Gasteiger partial charge < -0.3 is 25.0 Å². The highest BCUT2D eigenvalue weighted by atomic mass is 35.5. The van der Waals surface area contributed by atoms with Crippen molar-refractivity contribution in [3.63, 3.8) is 0 Å². The van der Waals surface area contributed by atoms with Gasteiger partial charge in [0, 0.05) is 35.9 Å². The first-order valence-corrected chi connectivity index (χ1v) is 11.8. The lowest BCUT2D eigenvalue weighted by atomic mass is 10.1. The maximum atomic E-state index is 12.6. The number of hydrogen-bond acceptors (Lipinski definition) is 5. The molecule has 36 heavy (non-hydrogen) atoms. The van der Waals surface area contributed by atoms with Crippen molar-refractivity contribution in [2.45, 2.75) is 13.0 Å². The van der Waals surface area contributed by atoms with E-state index in [1.165, 1.54) is 0 Å². The molecule has 2 N–H and O–H groups in total. The third-order valence-electron chi connectivity index (χ3n) is 5.77. The molecular formula is C27H26ClN3O5. The molecule has 1 unspecified atom stereocenters. The summed E-state index contributed by atoms with van der Waals surface area (Å²) in [5.41, 5.74) is 2.24. The molecular weight excluding hydrogens is 482 g/mol. The highest BCUT2D eigenvalue weighted by Crippen LogP contribution is 2.27. The molecule has 0 radical (unpaired) electrons. The van der Waals surface area contributed by atoms with Gasteiger partial charge in [0.2, 0.25) is 11.8 Å². The van der Waals surface area contributed by atoms with E-state index in [-0.39, 0.29) is 30.7 Å². The van der Waals surface area contributed by atoms with E-state index in [0.29, 0.717) is 35.2 Å². The predicted molar refractivity (Wildman–Crippen MR) is 137 cm³/mol. The van der Waals surface area contributed by atoms with Gasteiger partial charge in [-0.1, -0.05) is 23.7 Å². The van der Waals surface area contributed by atoms with Crippen molar-refractivity contribution in [1.29, 1.82) is 0 Å². The lowest BCUT2D eigenvalue weighted by molar-refractivity contribution is -0.126. The summed E-state index contributed by atoms with van der Waals surface area (Å²) in [6.45, 7) is 0.517. The number of anilines is 2. The minimum atomic E-state index is -0.428. The summed E-state index contributed by atoms with van der Waals surface area (Å²) in [5, 5.41) is 6.21.